The van der Waals surface area contributed by atoms with E-state index in [1.165, 1.54) is 44.2 Å². The smallest absolute Gasteiger partial charge is 0.342 e. The molecule has 3 aromatic carbocycles. The number of rotatable bonds is 10. The molecule has 0 aliphatic carbocycles. The van der Waals surface area contributed by atoms with Gasteiger partial charge in [-0.3, -0.25) is 10.1 Å². The van der Waals surface area contributed by atoms with E-state index in [1.54, 1.807) is 24.3 Å². The van der Waals surface area contributed by atoms with Crippen LogP contribution in [0.1, 0.15) is 11.1 Å². The van der Waals surface area contributed by atoms with Crippen LogP contribution < -0.4 is 9.47 Å². The molecule has 0 radical (unpaired) electrons. The largest absolute Gasteiger partial charge is 0.497 e. The topological polar surface area (TPSA) is 138 Å². The molecule has 0 atom stereocenters. The number of carboxylic acid groups (broad SMARTS) is 1. The second-order valence-corrected chi connectivity index (χ2v) is 9.89. The summed E-state index contributed by atoms with van der Waals surface area (Å²) in [6, 6.07) is 17.1. The Balaban J connectivity index is 1.67. The Bertz CT molecular complexity index is 1500. The van der Waals surface area contributed by atoms with Crippen LogP contribution in [0.2, 0.25) is 0 Å². The minimum Gasteiger partial charge on any atom is -0.497 e. The van der Waals surface area contributed by atoms with E-state index < -0.39 is 10.9 Å². The standard InChI is InChI=1S/C26H21N3O7S2/c1-15-4-7-21(8-5-15)37-22-9-6-18(29(32)33)10-16(22)13-23(25(30)31)38-26-28-27-24(36-26)17-11-19(34-2)14-20(12-17)35-3/h4-14H,1-3H3,(H,30,31)/b23-13+. The lowest BCUT2D eigenvalue weighted by Crippen LogP contribution is -1.98. The molecule has 0 fully saturated rings. The molecule has 12 heteroatoms. The van der Waals surface area contributed by atoms with Gasteiger partial charge in [-0.1, -0.05) is 29.5 Å². The van der Waals surface area contributed by atoms with Gasteiger partial charge in [0.2, 0.25) is 5.89 Å². The first-order valence-electron chi connectivity index (χ1n) is 11.0. The van der Waals surface area contributed by atoms with Crippen LogP contribution in [-0.2, 0) is 4.79 Å². The van der Waals surface area contributed by atoms with E-state index in [-0.39, 0.29) is 21.7 Å². The fourth-order valence-corrected chi connectivity index (χ4v) is 4.82. The van der Waals surface area contributed by atoms with Crippen LogP contribution in [0.4, 0.5) is 5.69 Å². The number of carbonyl (C=O) groups is 1. The van der Waals surface area contributed by atoms with Gasteiger partial charge in [0.1, 0.15) is 16.4 Å². The Labute approximate surface area is 225 Å². The van der Waals surface area contributed by atoms with Crippen LogP contribution in [0.15, 0.2) is 85.0 Å². The highest BCUT2D eigenvalue weighted by molar-refractivity contribution is 8.03. The van der Waals surface area contributed by atoms with Crippen molar-refractivity contribution in [1.82, 2.24) is 10.2 Å². The minimum absolute atomic E-state index is 0.0198. The molecule has 1 aromatic heterocycles. The van der Waals surface area contributed by atoms with Crippen LogP contribution in [0.5, 0.6) is 11.5 Å². The summed E-state index contributed by atoms with van der Waals surface area (Å²) < 4.78 is 16.2. The summed E-state index contributed by atoms with van der Waals surface area (Å²) in [4.78, 5) is 24.4. The normalized spacial score (nSPS) is 11.3. The van der Waals surface area contributed by atoms with Gasteiger partial charge in [0, 0.05) is 33.6 Å². The molecule has 4 aromatic rings. The number of ether oxygens (including phenoxy) is 2. The van der Waals surface area contributed by atoms with Gasteiger partial charge in [-0.2, -0.15) is 0 Å². The summed E-state index contributed by atoms with van der Waals surface area (Å²) in [7, 11) is 3.02. The maximum Gasteiger partial charge on any atom is 0.342 e. The Morgan fingerprint density at radius 2 is 1.71 bits per heavy atom. The van der Waals surface area contributed by atoms with E-state index >= 15 is 0 Å². The van der Waals surface area contributed by atoms with Gasteiger partial charge < -0.3 is 19.0 Å². The summed E-state index contributed by atoms with van der Waals surface area (Å²) in [5.41, 5.74) is 1.82. The average molecular weight is 552 g/mol. The number of non-ortho nitro benzene ring substituents is 1. The first-order valence-corrected chi connectivity index (χ1v) is 12.6. The predicted molar refractivity (Wildman–Crippen MR) is 143 cm³/mol. The van der Waals surface area contributed by atoms with Crippen LogP contribution in [0.25, 0.3) is 17.5 Å². The third-order valence-electron chi connectivity index (χ3n) is 5.15. The highest BCUT2D eigenvalue weighted by Crippen LogP contribution is 2.37. The molecule has 0 saturated heterocycles. The molecule has 0 unspecified atom stereocenters. The Morgan fingerprint density at radius 3 is 2.32 bits per heavy atom. The molecule has 38 heavy (non-hydrogen) atoms. The van der Waals surface area contributed by atoms with E-state index in [4.69, 9.17) is 13.9 Å². The van der Waals surface area contributed by atoms with Crippen molar-refractivity contribution in [2.75, 3.05) is 14.2 Å². The zero-order valence-electron chi connectivity index (χ0n) is 20.4. The third kappa shape index (κ3) is 6.52. The van der Waals surface area contributed by atoms with Crippen LogP contribution >= 0.6 is 23.5 Å². The van der Waals surface area contributed by atoms with Gasteiger partial charge in [-0.25, -0.2) is 4.79 Å². The number of nitro benzene ring substituents is 1. The van der Waals surface area contributed by atoms with E-state index in [9.17, 15) is 20.0 Å². The molecule has 4 rings (SSSR count). The van der Waals surface area contributed by atoms with Crippen LogP contribution in [0, 0.1) is 17.0 Å². The van der Waals surface area contributed by atoms with Gasteiger partial charge in [0.05, 0.1) is 19.1 Å². The maximum absolute atomic E-state index is 12.1. The summed E-state index contributed by atoms with van der Waals surface area (Å²) in [6.07, 6.45) is 1.36. The van der Waals surface area contributed by atoms with Gasteiger partial charge in [-0.05, 0) is 60.7 Å². The number of hydrogen-bond acceptors (Lipinski definition) is 10. The SMILES string of the molecule is COc1cc(OC)cc(-c2nnc(S/C(=C/c3cc([N+](=O)[O-])ccc3Sc3ccc(C)cc3)C(=O)O)o2)c1. The van der Waals surface area contributed by atoms with Crippen molar-refractivity contribution in [2.24, 2.45) is 0 Å². The monoisotopic (exact) mass is 551 g/mol. The van der Waals surface area contributed by atoms with Crippen molar-refractivity contribution in [1.29, 1.82) is 0 Å². The number of methoxy groups -OCH3 is 2. The molecule has 10 nitrogen and oxygen atoms in total. The fourth-order valence-electron chi connectivity index (χ4n) is 3.26. The summed E-state index contributed by atoms with van der Waals surface area (Å²) in [5.74, 6) is -0.0831. The molecule has 0 aliphatic rings. The van der Waals surface area contributed by atoms with E-state index in [0.29, 0.717) is 27.5 Å². The van der Waals surface area contributed by atoms with Gasteiger partial charge in [-0.15, -0.1) is 10.2 Å². The van der Waals surface area contributed by atoms with E-state index in [2.05, 4.69) is 10.2 Å². The molecule has 1 heterocycles. The van der Waals surface area contributed by atoms with Crippen molar-refractivity contribution in [3.63, 3.8) is 0 Å². The van der Waals surface area contributed by atoms with Crippen LogP contribution in [0.3, 0.4) is 0 Å². The van der Waals surface area contributed by atoms with Crippen LogP contribution in [-0.4, -0.2) is 40.4 Å². The van der Waals surface area contributed by atoms with Gasteiger partial charge in [0.25, 0.3) is 10.9 Å². The number of aromatic nitrogens is 2. The summed E-state index contributed by atoms with van der Waals surface area (Å²) >= 11 is 2.11. The van der Waals surface area contributed by atoms with Crippen molar-refractivity contribution in [3.8, 4) is 23.0 Å². The second-order valence-electron chi connectivity index (χ2n) is 7.78. The minimum atomic E-state index is -1.25. The maximum atomic E-state index is 12.1. The highest BCUT2D eigenvalue weighted by atomic mass is 32.2. The number of nitrogens with zero attached hydrogens (tertiary/aromatic N) is 3. The van der Waals surface area contributed by atoms with Gasteiger partial charge in [0.15, 0.2) is 0 Å². The number of hydrogen-bond donors (Lipinski definition) is 1. The molecule has 0 saturated carbocycles. The van der Waals surface area contributed by atoms with Crippen molar-refractivity contribution in [3.05, 3.63) is 86.8 Å². The van der Waals surface area contributed by atoms with E-state index in [0.717, 1.165) is 22.2 Å². The van der Waals surface area contributed by atoms with Crippen molar-refractivity contribution < 1.29 is 28.7 Å². The third-order valence-corrected chi connectivity index (χ3v) is 7.10. The molecule has 1 N–H and O–H groups in total. The number of aliphatic carboxylic acids is 1. The lowest BCUT2D eigenvalue weighted by atomic mass is 10.2. The lowest BCUT2D eigenvalue weighted by Gasteiger charge is -2.08. The molecule has 0 bridgehead atoms. The Morgan fingerprint density at radius 1 is 1.03 bits per heavy atom. The fraction of sp³-hybridized carbons (Fsp3) is 0.115. The molecular formula is C26H21N3O7S2. The quantitative estimate of drug-likeness (QED) is 0.102. The number of nitro groups is 1. The number of carboxylic acids is 1. The molecular weight excluding hydrogens is 530 g/mol. The second kappa shape index (κ2) is 11.8. The van der Waals surface area contributed by atoms with Crippen molar-refractivity contribution >= 4 is 41.3 Å². The Hall–Kier alpha value is -4.29. The molecule has 194 valence electrons. The van der Waals surface area contributed by atoms with Gasteiger partial charge >= 0.3 is 5.97 Å². The Kier molecular flexibility index (Phi) is 8.34. The number of thioether (sulfide) groups is 1. The molecule has 0 aliphatic heterocycles. The van der Waals surface area contributed by atoms with E-state index in [1.807, 2.05) is 31.2 Å². The zero-order chi connectivity index (χ0) is 27.2. The van der Waals surface area contributed by atoms with Crippen molar-refractivity contribution in [2.45, 2.75) is 21.9 Å². The highest BCUT2D eigenvalue weighted by Gasteiger charge is 2.19. The first-order chi connectivity index (χ1) is 18.2. The average Bonchev–Trinajstić information content (AvgIpc) is 3.38. The number of benzene rings is 3. The zero-order valence-corrected chi connectivity index (χ0v) is 22.0. The number of aryl methyl sites for hydroxylation is 1. The predicted octanol–water partition coefficient (Wildman–Crippen LogP) is 6.34. The molecule has 0 spiro atoms. The molecule has 0 amide bonds. The first kappa shape index (κ1) is 26.8. The lowest BCUT2D eigenvalue weighted by molar-refractivity contribution is -0.384. The summed E-state index contributed by atoms with van der Waals surface area (Å²) in [5, 5.41) is 29.2. The summed E-state index contributed by atoms with van der Waals surface area (Å²) in [6.45, 7) is 1.97.